The summed E-state index contributed by atoms with van der Waals surface area (Å²) in [4.78, 5) is 2.40. The monoisotopic (exact) mass is 330 g/mol. The summed E-state index contributed by atoms with van der Waals surface area (Å²) < 4.78 is 5.75. The number of rotatable bonds is 6. The maximum atomic E-state index is 6.10. The first-order chi connectivity index (χ1) is 10.1. The van der Waals surface area contributed by atoms with Crippen LogP contribution in [0.1, 0.15) is 25.7 Å². The van der Waals surface area contributed by atoms with Gasteiger partial charge < -0.3 is 15.0 Å². The van der Waals surface area contributed by atoms with Gasteiger partial charge in [0.25, 0.3) is 0 Å². The van der Waals surface area contributed by atoms with Crippen molar-refractivity contribution in [2.45, 2.75) is 37.8 Å². The van der Waals surface area contributed by atoms with Crippen molar-refractivity contribution in [3.8, 4) is 5.75 Å². The van der Waals surface area contributed by atoms with E-state index >= 15 is 0 Å². The van der Waals surface area contributed by atoms with Crippen LogP contribution in [0.4, 0.5) is 0 Å². The lowest BCUT2D eigenvalue weighted by Crippen LogP contribution is -2.41. The van der Waals surface area contributed by atoms with Gasteiger partial charge in [0.15, 0.2) is 0 Å². The highest BCUT2D eigenvalue weighted by Gasteiger charge is 2.22. The summed E-state index contributed by atoms with van der Waals surface area (Å²) in [5.41, 5.74) is 0. The number of likely N-dealkylation sites (N-methyl/N-ethyl adjacent to an activating group) is 1. The minimum Gasteiger partial charge on any atom is -0.491 e. The molecule has 5 heteroatoms. The van der Waals surface area contributed by atoms with Crippen molar-refractivity contribution in [2.75, 3.05) is 27.2 Å². The van der Waals surface area contributed by atoms with Crippen LogP contribution in [0.15, 0.2) is 18.2 Å². The van der Waals surface area contributed by atoms with Crippen LogP contribution in [0.3, 0.4) is 0 Å². The zero-order valence-corrected chi connectivity index (χ0v) is 14.3. The second-order valence-electron chi connectivity index (χ2n) is 5.70. The quantitative estimate of drug-likeness (QED) is 0.857. The van der Waals surface area contributed by atoms with Crippen LogP contribution in [-0.2, 0) is 0 Å². The van der Waals surface area contributed by atoms with E-state index in [-0.39, 0.29) is 0 Å². The molecule has 1 aliphatic carbocycles. The summed E-state index contributed by atoms with van der Waals surface area (Å²) in [5.74, 6) is 0.702. The number of nitrogens with one attached hydrogen (secondary N) is 1. The summed E-state index contributed by atoms with van der Waals surface area (Å²) in [6, 6.07) is 6.69. The molecule has 118 valence electrons. The van der Waals surface area contributed by atoms with E-state index in [0.29, 0.717) is 34.5 Å². The number of hydrogen-bond acceptors (Lipinski definition) is 3. The number of nitrogens with zero attached hydrogens (tertiary/aromatic N) is 1. The molecule has 1 saturated carbocycles. The first-order valence-electron chi connectivity index (χ1n) is 7.55. The third kappa shape index (κ3) is 5.03. The van der Waals surface area contributed by atoms with E-state index < -0.39 is 0 Å². The van der Waals surface area contributed by atoms with Crippen molar-refractivity contribution >= 4 is 23.2 Å². The molecule has 1 aromatic rings. The largest absolute Gasteiger partial charge is 0.491 e. The summed E-state index contributed by atoms with van der Waals surface area (Å²) in [7, 11) is 4.23. The molecule has 0 spiro atoms. The van der Waals surface area contributed by atoms with Crippen LogP contribution in [0.25, 0.3) is 0 Å². The van der Waals surface area contributed by atoms with Crippen molar-refractivity contribution in [1.82, 2.24) is 10.2 Å². The fraction of sp³-hybridized carbons (Fsp3) is 0.625. The number of hydrogen-bond donors (Lipinski definition) is 1. The summed E-state index contributed by atoms with van der Waals surface area (Å²) in [6.07, 6.45) is 5.03. The Morgan fingerprint density at radius 1 is 1.24 bits per heavy atom. The molecule has 2 rings (SSSR count). The molecule has 0 saturated heterocycles. The first kappa shape index (κ1) is 16.9. The molecule has 1 N–H and O–H groups in total. The highest BCUT2D eigenvalue weighted by atomic mass is 35.5. The maximum Gasteiger partial charge on any atom is 0.138 e. The summed E-state index contributed by atoms with van der Waals surface area (Å²) in [5, 5.41) is 4.57. The Hall–Kier alpha value is -0.480. The molecule has 0 heterocycles. The fourth-order valence-corrected chi connectivity index (χ4v) is 3.34. The number of benzene rings is 1. The second-order valence-corrected chi connectivity index (χ2v) is 6.54. The molecule has 0 bridgehead atoms. The van der Waals surface area contributed by atoms with Gasteiger partial charge in [0.05, 0.1) is 5.02 Å². The molecular formula is C16H24Cl2N2O. The van der Waals surface area contributed by atoms with Gasteiger partial charge in [-0.25, -0.2) is 0 Å². The molecule has 0 aliphatic heterocycles. The Morgan fingerprint density at radius 2 is 1.95 bits per heavy atom. The molecular weight excluding hydrogens is 307 g/mol. The molecule has 0 atom stereocenters. The molecule has 21 heavy (non-hydrogen) atoms. The van der Waals surface area contributed by atoms with Crippen LogP contribution in [0.2, 0.25) is 10.0 Å². The predicted molar refractivity (Wildman–Crippen MR) is 89.7 cm³/mol. The standard InChI is InChI=1S/C16H24Cl2N2O/c1-19-13-4-6-14(7-5-13)20(2)9-10-21-16-8-3-12(17)11-15(16)18/h3,8,11,13-14,19H,4-7,9-10H2,1-2H3. The highest BCUT2D eigenvalue weighted by Crippen LogP contribution is 2.27. The molecule has 1 fully saturated rings. The average Bonchev–Trinajstić information content (AvgIpc) is 2.49. The van der Waals surface area contributed by atoms with Gasteiger partial charge in [0.1, 0.15) is 12.4 Å². The predicted octanol–water partition coefficient (Wildman–Crippen LogP) is 3.83. The molecule has 1 aromatic carbocycles. The minimum atomic E-state index is 0.569. The number of halogens is 2. The molecule has 0 amide bonds. The SMILES string of the molecule is CNC1CCC(N(C)CCOc2ccc(Cl)cc2Cl)CC1. The third-order valence-corrected chi connectivity index (χ3v) is 4.85. The molecule has 3 nitrogen and oxygen atoms in total. The highest BCUT2D eigenvalue weighted by molar-refractivity contribution is 6.35. The van der Waals surface area contributed by atoms with Gasteiger partial charge in [-0.1, -0.05) is 23.2 Å². The molecule has 0 radical (unpaired) electrons. The third-order valence-electron chi connectivity index (χ3n) is 4.32. The van der Waals surface area contributed by atoms with Crippen LogP contribution in [-0.4, -0.2) is 44.2 Å². The second kappa shape index (κ2) is 8.23. The normalized spacial score (nSPS) is 22.5. The van der Waals surface area contributed by atoms with Gasteiger partial charge in [-0.15, -0.1) is 0 Å². The van der Waals surface area contributed by atoms with Gasteiger partial charge in [-0.05, 0) is 58.0 Å². The lowest BCUT2D eigenvalue weighted by molar-refractivity contribution is 0.150. The lowest BCUT2D eigenvalue weighted by atomic mass is 9.90. The van der Waals surface area contributed by atoms with Gasteiger partial charge in [-0.2, -0.15) is 0 Å². The first-order valence-corrected chi connectivity index (χ1v) is 8.31. The van der Waals surface area contributed by atoms with Crippen LogP contribution >= 0.6 is 23.2 Å². The Labute approximate surface area is 137 Å². The molecule has 0 unspecified atom stereocenters. The zero-order valence-electron chi connectivity index (χ0n) is 12.7. The van der Waals surface area contributed by atoms with Gasteiger partial charge in [-0.3, -0.25) is 0 Å². The smallest absolute Gasteiger partial charge is 0.138 e. The van der Waals surface area contributed by atoms with E-state index in [1.54, 1.807) is 12.1 Å². The van der Waals surface area contributed by atoms with E-state index in [9.17, 15) is 0 Å². The van der Waals surface area contributed by atoms with E-state index in [2.05, 4.69) is 24.3 Å². The van der Waals surface area contributed by atoms with Crippen molar-refractivity contribution < 1.29 is 4.74 Å². The number of ether oxygens (including phenoxy) is 1. The Balaban J connectivity index is 1.73. The minimum absolute atomic E-state index is 0.569. The maximum absolute atomic E-state index is 6.10. The Kier molecular flexibility index (Phi) is 6.62. The van der Waals surface area contributed by atoms with Gasteiger partial charge in [0, 0.05) is 23.7 Å². The lowest BCUT2D eigenvalue weighted by Gasteiger charge is -2.34. The summed E-state index contributed by atoms with van der Waals surface area (Å²) >= 11 is 12.0. The van der Waals surface area contributed by atoms with Crippen molar-refractivity contribution in [1.29, 1.82) is 0 Å². The Morgan fingerprint density at radius 3 is 2.57 bits per heavy atom. The van der Waals surface area contributed by atoms with E-state index in [1.807, 2.05) is 6.07 Å². The van der Waals surface area contributed by atoms with E-state index in [4.69, 9.17) is 27.9 Å². The van der Waals surface area contributed by atoms with Crippen LogP contribution in [0, 0.1) is 0 Å². The average molecular weight is 331 g/mol. The summed E-state index contributed by atoms with van der Waals surface area (Å²) in [6.45, 7) is 1.55. The van der Waals surface area contributed by atoms with Crippen LogP contribution < -0.4 is 10.1 Å². The fourth-order valence-electron chi connectivity index (χ4n) is 2.88. The van der Waals surface area contributed by atoms with E-state index in [0.717, 1.165) is 6.54 Å². The van der Waals surface area contributed by atoms with Crippen LogP contribution in [0.5, 0.6) is 5.75 Å². The van der Waals surface area contributed by atoms with Gasteiger partial charge >= 0.3 is 0 Å². The van der Waals surface area contributed by atoms with Crippen molar-refractivity contribution in [3.05, 3.63) is 28.2 Å². The Bertz CT molecular complexity index is 448. The van der Waals surface area contributed by atoms with Gasteiger partial charge in [0.2, 0.25) is 0 Å². The van der Waals surface area contributed by atoms with E-state index in [1.165, 1.54) is 25.7 Å². The zero-order chi connectivity index (χ0) is 15.2. The van der Waals surface area contributed by atoms with Crippen molar-refractivity contribution in [3.63, 3.8) is 0 Å². The molecule has 1 aliphatic rings. The topological polar surface area (TPSA) is 24.5 Å². The molecule has 0 aromatic heterocycles. The van der Waals surface area contributed by atoms with Crippen molar-refractivity contribution in [2.24, 2.45) is 0 Å².